The number of likely N-dealkylation sites (N-methyl/N-ethyl adjacent to an activating group) is 1. The minimum Gasteiger partial charge on any atom is -0.467 e. The van der Waals surface area contributed by atoms with Crippen molar-refractivity contribution in [1.82, 2.24) is 0 Å². The Labute approximate surface area is 152 Å². The van der Waals surface area contributed by atoms with Gasteiger partial charge in [0, 0.05) is 23.4 Å². The molecule has 7 nitrogen and oxygen atoms in total. The molecule has 2 aromatic carbocycles. The molecular weight excluding hydrogens is 330 g/mol. The molecule has 0 fully saturated rings. The topological polar surface area (TPSA) is 129 Å². The van der Waals surface area contributed by atoms with Crippen molar-refractivity contribution in [2.24, 2.45) is 11.5 Å². The SMILES string of the molecule is CCN(c1cccc(C(=N)N)c1)[C@H](C(=O)OC)c1ccc(C(=N)N)cc1. The Morgan fingerprint density at radius 3 is 2.19 bits per heavy atom. The van der Waals surface area contributed by atoms with E-state index in [-0.39, 0.29) is 11.7 Å². The fourth-order valence-corrected chi connectivity index (χ4v) is 2.77. The standard InChI is InChI=1S/C19H23N5O2/c1-3-24(15-6-4-5-14(11-15)18(22)23)16(19(25)26-2)12-7-9-13(10-8-12)17(20)21/h4-11,16H,3H2,1-2H3,(H3,20,21)(H3,22,23)/t16-/m0/s1. The van der Waals surface area contributed by atoms with E-state index in [1.165, 1.54) is 7.11 Å². The maximum absolute atomic E-state index is 12.5. The third-order valence-corrected chi connectivity index (χ3v) is 4.10. The second-order valence-corrected chi connectivity index (χ2v) is 5.71. The number of nitrogens with one attached hydrogen (secondary N) is 2. The van der Waals surface area contributed by atoms with Crippen molar-refractivity contribution in [1.29, 1.82) is 10.8 Å². The summed E-state index contributed by atoms with van der Waals surface area (Å²) >= 11 is 0. The molecule has 0 saturated heterocycles. The Hall–Kier alpha value is -3.35. The summed E-state index contributed by atoms with van der Waals surface area (Å²) in [5, 5.41) is 15.1. The van der Waals surface area contributed by atoms with Gasteiger partial charge in [-0.1, -0.05) is 36.4 Å². The monoisotopic (exact) mass is 353 g/mol. The molecule has 0 aliphatic heterocycles. The van der Waals surface area contributed by atoms with Gasteiger partial charge in [-0.15, -0.1) is 0 Å². The lowest BCUT2D eigenvalue weighted by atomic mass is 10.0. The zero-order valence-electron chi connectivity index (χ0n) is 14.8. The lowest BCUT2D eigenvalue weighted by Crippen LogP contribution is -2.35. The van der Waals surface area contributed by atoms with Gasteiger partial charge in [-0.25, -0.2) is 4.79 Å². The number of methoxy groups -OCH3 is 1. The van der Waals surface area contributed by atoms with Gasteiger partial charge in [0.05, 0.1) is 7.11 Å². The smallest absolute Gasteiger partial charge is 0.333 e. The Kier molecular flexibility index (Phi) is 5.95. The zero-order chi connectivity index (χ0) is 19.3. The number of ether oxygens (including phenoxy) is 1. The van der Waals surface area contributed by atoms with E-state index in [1.807, 2.05) is 17.9 Å². The van der Waals surface area contributed by atoms with Gasteiger partial charge in [0.1, 0.15) is 11.7 Å². The number of nitrogens with zero attached hydrogens (tertiary/aromatic N) is 1. The molecule has 0 spiro atoms. The number of nitrogen functional groups attached to an aromatic ring is 2. The van der Waals surface area contributed by atoms with Crippen LogP contribution in [0.2, 0.25) is 0 Å². The Morgan fingerprint density at radius 2 is 1.69 bits per heavy atom. The van der Waals surface area contributed by atoms with Crippen LogP contribution in [0.25, 0.3) is 0 Å². The van der Waals surface area contributed by atoms with Crippen LogP contribution in [0.3, 0.4) is 0 Å². The van der Waals surface area contributed by atoms with Crippen molar-refractivity contribution >= 4 is 23.3 Å². The van der Waals surface area contributed by atoms with Crippen molar-refractivity contribution in [3.05, 3.63) is 65.2 Å². The van der Waals surface area contributed by atoms with Gasteiger partial charge >= 0.3 is 5.97 Å². The molecular formula is C19H23N5O2. The molecule has 0 aliphatic carbocycles. The lowest BCUT2D eigenvalue weighted by Gasteiger charge is -2.31. The maximum atomic E-state index is 12.5. The van der Waals surface area contributed by atoms with E-state index in [4.69, 9.17) is 27.0 Å². The Morgan fingerprint density at radius 1 is 1.08 bits per heavy atom. The van der Waals surface area contributed by atoms with Crippen LogP contribution in [0.1, 0.15) is 29.7 Å². The van der Waals surface area contributed by atoms with E-state index >= 15 is 0 Å². The van der Waals surface area contributed by atoms with E-state index in [9.17, 15) is 4.79 Å². The Bertz CT molecular complexity index is 817. The number of anilines is 1. The summed E-state index contributed by atoms with van der Waals surface area (Å²) in [6.45, 7) is 2.47. The molecule has 2 aromatic rings. The molecule has 6 N–H and O–H groups in total. The number of amidine groups is 2. The van der Waals surface area contributed by atoms with Crippen molar-refractivity contribution < 1.29 is 9.53 Å². The van der Waals surface area contributed by atoms with Crippen molar-refractivity contribution in [3.8, 4) is 0 Å². The average Bonchev–Trinajstić information content (AvgIpc) is 2.65. The van der Waals surface area contributed by atoms with Crippen LogP contribution < -0.4 is 16.4 Å². The van der Waals surface area contributed by atoms with Crippen LogP contribution in [0.15, 0.2) is 48.5 Å². The van der Waals surface area contributed by atoms with Crippen molar-refractivity contribution in [2.45, 2.75) is 13.0 Å². The molecule has 26 heavy (non-hydrogen) atoms. The Balaban J connectivity index is 2.49. The second-order valence-electron chi connectivity index (χ2n) is 5.71. The first kappa shape index (κ1) is 19.0. The number of hydrogen-bond acceptors (Lipinski definition) is 5. The highest BCUT2D eigenvalue weighted by atomic mass is 16.5. The maximum Gasteiger partial charge on any atom is 0.333 e. The molecule has 0 radical (unpaired) electrons. The normalized spacial score (nSPS) is 11.5. The van der Waals surface area contributed by atoms with Gasteiger partial charge in [0.2, 0.25) is 0 Å². The van der Waals surface area contributed by atoms with Crippen molar-refractivity contribution in [2.75, 3.05) is 18.6 Å². The number of nitrogens with two attached hydrogens (primary N) is 2. The highest BCUT2D eigenvalue weighted by molar-refractivity contribution is 5.96. The van der Waals surface area contributed by atoms with Crippen LogP contribution in [0.4, 0.5) is 5.69 Å². The predicted molar refractivity (Wildman–Crippen MR) is 103 cm³/mol. The minimum atomic E-state index is -0.673. The van der Waals surface area contributed by atoms with E-state index < -0.39 is 12.0 Å². The van der Waals surface area contributed by atoms with Gasteiger partial charge in [-0.05, 0) is 24.6 Å². The lowest BCUT2D eigenvalue weighted by molar-refractivity contribution is -0.142. The molecule has 2 rings (SSSR count). The summed E-state index contributed by atoms with van der Waals surface area (Å²) in [4.78, 5) is 14.4. The fraction of sp³-hybridized carbons (Fsp3) is 0.211. The first-order chi connectivity index (χ1) is 12.4. The van der Waals surface area contributed by atoms with E-state index in [1.54, 1.807) is 42.5 Å². The molecule has 0 amide bonds. The molecule has 0 bridgehead atoms. The predicted octanol–water partition coefficient (Wildman–Crippen LogP) is 2.00. The summed E-state index contributed by atoms with van der Waals surface area (Å²) in [5.41, 5.74) is 13.7. The number of carbonyl (C=O) groups excluding carboxylic acids is 1. The van der Waals surface area contributed by atoms with E-state index in [2.05, 4.69) is 0 Å². The molecule has 0 aromatic heterocycles. The highest BCUT2D eigenvalue weighted by Gasteiger charge is 2.28. The molecule has 0 heterocycles. The average molecular weight is 353 g/mol. The number of carbonyl (C=O) groups is 1. The van der Waals surface area contributed by atoms with Crippen LogP contribution in [-0.2, 0) is 9.53 Å². The summed E-state index contributed by atoms with van der Waals surface area (Å²) in [6.07, 6.45) is 0. The molecule has 7 heteroatoms. The van der Waals surface area contributed by atoms with Gasteiger partial charge in [-0.3, -0.25) is 10.8 Å². The van der Waals surface area contributed by atoms with E-state index in [0.29, 0.717) is 17.7 Å². The minimum absolute atomic E-state index is 0.0346. The van der Waals surface area contributed by atoms with Gasteiger partial charge < -0.3 is 21.1 Å². The summed E-state index contributed by atoms with van der Waals surface area (Å²) in [7, 11) is 1.35. The first-order valence-electron chi connectivity index (χ1n) is 8.12. The van der Waals surface area contributed by atoms with Gasteiger partial charge in [0.15, 0.2) is 6.04 Å². The molecule has 136 valence electrons. The molecule has 1 atom stereocenters. The first-order valence-corrected chi connectivity index (χ1v) is 8.12. The zero-order valence-corrected chi connectivity index (χ0v) is 14.8. The fourth-order valence-electron chi connectivity index (χ4n) is 2.77. The third kappa shape index (κ3) is 4.00. The van der Waals surface area contributed by atoms with Crippen molar-refractivity contribution in [3.63, 3.8) is 0 Å². The van der Waals surface area contributed by atoms with E-state index in [0.717, 1.165) is 11.3 Å². The summed E-state index contributed by atoms with van der Waals surface area (Å²) in [6, 6.07) is 13.4. The molecule has 0 unspecified atom stereocenters. The largest absolute Gasteiger partial charge is 0.467 e. The second kappa shape index (κ2) is 8.15. The van der Waals surface area contributed by atoms with Crippen LogP contribution in [0.5, 0.6) is 0 Å². The van der Waals surface area contributed by atoms with Crippen LogP contribution in [0, 0.1) is 10.8 Å². The van der Waals surface area contributed by atoms with Crippen LogP contribution in [-0.4, -0.2) is 31.3 Å². The number of benzene rings is 2. The highest BCUT2D eigenvalue weighted by Crippen LogP contribution is 2.29. The van der Waals surface area contributed by atoms with Gasteiger partial charge in [0.25, 0.3) is 0 Å². The van der Waals surface area contributed by atoms with Gasteiger partial charge in [-0.2, -0.15) is 0 Å². The third-order valence-electron chi connectivity index (χ3n) is 4.10. The van der Waals surface area contributed by atoms with Crippen LogP contribution >= 0.6 is 0 Å². The number of rotatable bonds is 7. The summed E-state index contributed by atoms with van der Waals surface area (Å²) < 4.78 is 5.01. The number of esters is 1. The molecule has 0 aliphatic rings. The summed E-state index contributed by atoms with van der Waals surface area (Å²) in [5.74, 6) is -0.480. The quantitative estimate of drug-likeness (QED) is 0.344. The molecule has 0 saturated carbocycles. The number of hydrogen-bond donors (Lipinski definition) is 4.